The Bertz CT molecular complexity index is 570. The molecule has 7 heteroatoms. The monoisotopic (exact) mass is 250 g/mol. The summed E-state index contributed by atoms with van der Waals surface area (Å²) < 4.78 is 14.3. The van der Waals surface area contributed by atoms with Gasteiger partial charge in [0.05, 0.1) is 0 Å². The maximum atomic E-state index is 13.0. The maximum absolute atomic E-state index is 13.0. The van der Waals surface area contributed by atoms with E-state index in [0.717, 1.165) is 0 Å². The Kier molecular flexibility index (Phi) is 3.31. The third-order valence-corrected chi connectivity index (χ3v) is 2.56. The first kappa shape index (κ1) is 12.2. The fourth-order valence-electron chi connectivity index (χ4n) is 1.69. The van der Waals surface area contributed by atoms with E-state index in [1.165, 1.54) is 22.9 Å². The van der Waals surface area contributed by atoms with Gasteiger partial charge >= 0.3 is 5.97 Å². The molecule has 1 N–H and O–H groups in total. The molecule has 94 valence electrons. The number of carboxylic acid groups (broad SMARTS) is 1. The molecule has 1 aromatic heterocycles. The van der Waals surface area contributed by atoms with Gasteiger partial charge in [-0.1, -0.05) is 12.1 Å². The van der Waals surface area contributed by atoms with Gasteiger partial charge in [0.1, 0.15) is 11.6 Å². The molecule has 0 spiro atoms. The van der Waals surface area contributed by atoms with Crippen molar-refractivity contribution in [2.75, 3.05) is 0 Å². The molecule has 2 rings (SSSR count). The summed E-state index contributed by atoms with van der Waals surface area (Å²) in [6.45, 7) is 1.61. The van der Waals surface area contributed by atoms with Gasteiger partial charge in [-0.3, -0.25) is 0 Å². The number of aromatic nitrogens is 4. The second-order valence-corrected chi connectivity index (χ2v) is 3.86. The number of carboxylic acids is 1. The van der Waals surface area contributed by atoms with Gasteiger partial charge < -0.3 is 5.11 Å². The van der Waals surface area contributed by atoms with Gasteiger partial charge in [0.2, 0.25) is 0 Å². The van der Waals surface area contributed by atoms with Crippen LogP contribution in [0.3, 0.4) is 0 Å². The lowest BCUT2D eigenvalue weighted by Gasteiger charge is -2.12. The Hall–Kier alpha value is -2.31. The second-order valence-electron chi connectivity index (χ2n) is 3.86. The summed E-state index contributed by atoms with van der Waals surface area (Å²) in [5.41, 5.74) is 0.581. The van der Waals surface area contributed by atoms with Crippen molar-refractivity contribution in [3.63, 3.8) is 0 Å². The number of halogens is 1. The van der Waals surface area contributed by atoms with Crippen LogP contribution in [-0.2, 0) is 11.2 Å². The molecular weight excluding hydrogens is 239 g/mol. The van der Waals surface area contributed by atoms with Crippen molar-refractivity contribution in [3.05, 3.63) is 41.5 Å². The predicted octanol–water partition coefficient (Wildman–Crippen LogP) is 0.989. The molecular formula is C11H11FN4O2. The van der Waals surface area contributed by atoms with Gasteiger partial charge in [0.15, 0.2) is 6.04 Å². The molecule has 0 aliphatic carbocycles. The van der Waals surface area contributed by atoms with Crippen LogP contribution in [0, 0.1) is 12.7 Å². The number of tetrazole rings is 1. The number of carbonyl (C=O) groups is 1. The normalized spacial score (nSPS) is 12.3. The lowest BCUT2D eigenvalue weighted by molar-refractivity contribution is -0.141. The first-order valence-electron chi connectivity index (χ1n) is 5.29. The molecule has 18 heavy (non-hydrogen) atoms. The number of nitrogens with zero attached hydrogens (tertiary/aromatic N) is 4. The fraction of sp³-hybridized carbons (Fsp3) is 0.273. The first-order chi connectivity index (χ1) is 8.58. The smallest absolute Gasteiger partial charge is 0.328 e. The molecule has 6 nitrogen and oxygen atoms in total. The van der Waals surface area contributed by atoms with Crippen LogP contribution in [0.15, 0.2) is 24.3 Å². The van der Waals surface area contributed by atoms with E-state index in [-0.39, 0.29) is 6.42 Å². The molecule has 1 atom stereocenters. The van der Waals surface area contributed by atoms with E-state index in [4.69, 9.17) is 0 Å². The molecule has 0 fully saturated rings. The average Bonchev–Trinajstić information content (AvgIpc) is 2.72. The average molecular weight is 250 g/mol. The third kappa shape index (κ3) is 2.50. The molecule has 1 heterocycles. The third-order valence-electron chi connectivity index (χ3n) is 2.56. The van der Waals surface area contributed by atoms with Crippen LogP contribution in [0.1, 0.15) is 17.4 Å². The fourth-order valence-corrected chi connectivity index (χ4v) is 1.69. The molecule has 0 amide bonds. The Morgan fingerprint density at radius 1 is 1.56 bits per heavy atom. The molecule has 0 radical (unpaired) electrons. The van der Waals surface area contributed by atoms with E-state index in [1.54, 1.807) is 13.0 Å². The van der Waals surface area contributed by atoms with Crippen LogP contribution in [0.2, 0.25) is 0 Å². The summed E-state index contributed by atoms with van der Waals surface area (Å²) in [6, 6.07) is 4.87. The standard InChI is InChI=1S/C11H11FN4O2/c1-7-13-14-15-16(7)10(11(17)18)6-8-3-2-4-9(12)5-8/h2-5,10H,6H2,1H3,(H,17,18)/t10-/m0/s1. The zero-order valence-corrected chi connectivity index (χ0v) is 9.62. The molecule has 0 aliphatic rings. The summed E-state index contributed by atoms with van der Waals surface area (Å²) in [5, 5.41) is 19.9. The van der Waals surface area contributed by atoms with E-state index in [2.05, 4.69) is 15.5 Å². The van der Waals surface area contributed by atoms with Crippen molar-refractivity contribution < 1.29 is 14.3 Å². The van der Waals surface area contributed by atoms with Crippen molar-refractivity contribution in [3.8, 4) is 0 Å². The van der Waals surface area contributed by atoms with E-state index >= 15 is 0 Å². The Balaban J connectivity index is 2.28. The number of aliphatic carboxylic acids is 1. The molecule has 0 aliphatic heterocycles. The summed E-state index contributed by atoms with van der Waals surface area (Å²) in [6.07, 6.45) is 0.124. The first-order valence-corrected chi connectivity index (χ1v) is 5.29. The highest BCUT2D eigenvalue weighted by molar-refractivity contribution is 5.72. The number of aryl methyl sites for hydroxylation is 1. The number of rotatable bonds is 4. The molecule has 0 saturated heterocycles. The van der Waals surface area contributed by atoms with Crippen LogP contribution in [0.25, 0.3) is 0 Å². The second kappa shape index (κ2) is 4.91. The van der Waals surface area contributed by atoms with Crippen LogP contribution < -0.4 is 0 Å². The van der Waals surface area contributed by atoms with Crippen molar-refractivity contribution >= 4 is 5.97 Å². The van der Waals surface area contributed by atoms with Gasteiger partial charge in [-0.2, -0.15) is 0 Å². The van der Waals surface area contributed by atoms with Crippen molar-refractivity contribution in [2.45, 2.75) is 19.4 Å². The number of hydrogen-bond donors (Lipinski definition) is 1. The van der Waals surface area contributed by atoms with Gasteiger partial charge in [0, 0.05) is 6.42 Å². The molecule has 2 aromatic rings. The van der Waals surface area contributed by atoms with Gasteiger partial charge in [-0.25, -0.2) is 13.9 Å². The SMILES string of the molecule is Cc1nnnn1[C@@H](Cc1cccc(F)c1)C(=O)O. The number of benzene rings is 1. The summed E-state index contributed by atoms with van der Waals surface area (Å²) in [7, 11) is 0. The summed E-state index contributed by atoms with van der Waals surface area (Å²) >= 11 is 0. The zero-order valence-electron chi connectivity index (χ0n) is 9.62. The minimum absolute atomic E-state index is 0.124. The molecule has 0 bridgehead atoms. The van der Waals surface area contributed by atoms with Crippen LogP contribution >= 0.6 is 0 Å². The van der Waals surface area contributed by atoms with Crippen LogP contribution in [0.5, 0.6) is 0 Å². The van der Waals surface area contributed by atoms with E-state index < -0.39 is 17.8 Å². The highest BCUT2D eigenvalue weighted by Gasteiger charge is 2.23. The zero-order chi connectivity index (χ0) is 13.1. The summed E-state index contributed by atoms with van der Waals surface area (Å²) in [5.74, 6) is -1.06. The Morgan fingerprint density at radius 2 is 2.33 bits per heavy atom. The van der Waals surface area contributed by atoms with Gasteiger partial charge in [-0.05, 0) is 35.0 Å². The van der Waals surface area contributed by atoms with Crippen LogP contribution in [-0.4, -0.2) is 31.3 Å². The Labute approximate surface area is 102 Å². The predicted molar refractivity (Wildman–Crippen MR) is 59.3 cm³/mol. The van der Waals surface area contributed by atoms with Gasteiger partial charge in [0.25, 0.3) is 0 Å². The Morgan fingerprint density at radius 3 is 2.89 bits per heavy atom. The minimum atomic E-state index is -1.06. The van der Waals surface area contributed by atoms with Gasteiger partial charge in [-0.15, -0.1) is 5.10 Å². The van der Waals surface area contributed by atoms with Crippen molar-refractivity contribution in [1.29, 1.82) is 0 Å². The molecule has 0 saturated carbocycles. The topological polar surface area (TPSA) is 80.9 Å². The van der Waals surface area contributed by atoms with Crippen molar-refractivity contribution in [1.82, 2.24) is 20.2 Å². The minimum Gasteiger partial charge on any atom is -0.480 e. The quantitative estimate of drug-likeness (QED) is 0.875. The number of hydrogen-bond acceptors (Lipinski definition) is 4. The van der Waals surface area contributed by atoms with E-state index in [0.29, 0.717) is 11.4 Å². The van der Waals surface area contributed by atoms with Crippen LogP contribution in [0.4, 0.5) is 4.39 Å². The van der Waals surface area contributed by atoms with Crippen molar-refractivity contribution in [2.24, 2.45) is 0 Å². The molecule has 0 unspecified atom stereocenters. The summed E-state index contributed by atoms with van der Waals surface area (Å²) in [4.78, 5) is 11.2. The highest BCUT2D eigenvalue weighted by atomic mass is 19.1. The highest BCUT2D eigenvalue weighted by Crippen LogP contribution is 2.15. The van der Waals surface area contributed by atoms with E-state index in [1.807, 2.05) is 0 Å². The largest absolute Gasteiger partial charge is 0.480 e. The maximum Gasteiger partial charge on any atom is 0.328 e. The molecule has 1 aromatic carbocycles. The lowest BCUT2D eigenvalue weighted by atomic mass is 10.1. The lowest BCUT2D eigenvalue weighted by Crippen LogP contribution is -2.23. The van der Waals surface area contributed by atoms with E-state index in [9.17, 15) is 14.3 Å².